The Morgan fingerprint density at radius 3 is 2.29 bits per heavy atom. The van der Waals surface area contributed by atoms with Gasteiger partial charge in [-0.15, -0.1) is 0 Å². The lowest BCUT2D eigenvalue weighted by atomic mass is 10.1. The molecule has 2 atom stereocenters. The van der Waals surface area contributed by atoms with Gasteiger partial charge >= 0.3 is 0 Å². The third-order valence-corrected chi connectivity index (χ3v) is 5.81. The average Bonchev–Trinajstić information content (AvgIpc) is 2.60. The summed E-state index contributed by atoms with van der Waals surface area (Å²) in [5.41, 5.74) is 0.817. The van der Waals surface area contributed by atoms with Crippen molar-refractivity contribution in [2.24, 2.45) is 0 Å². The summed E-state index contributed by atoms with van der Waals surface area (Å²) in [6, 6.07) is 7.11. The minimum Gasteiger partial charge on any atom is -0.497 e. The van der Waals surface area contributed by atoms with Gasteiger partial charge in [0.2, 0.25) is 10.0 Å². The number of halogens is 1. The number of methoxy groups -OCH3 is 1. The molecule has 1 N–H and O–H groups in total. The summed E-state index contributed by atoms with van der Waals surface area (Å²) in [5.74, 6) is -0.0335. The van der Waals surface area contributed by atoms with Gasteiger partial charge in [-0.2, -0.15) is 0 Å². The van der Waals surface area contributed by atoms with E-state index in [1.54, 1.807) is 45.2 Å². The predicted octanol–water partition coefficient (Wildman–Crippen LogP) is 2.24. The van der Waals surface area contributed by atoms with Crippen molar-refractivity contribution in [3.63, 3.8) is 0 Å². The van der Waals surface area contributed by atoms with Crippen molar-refractivity contribution in [3.05, 3.63) is 53.9 Å². The van der Waals surface area contributed by atoms with Crippen molar-refractivity contribution in [1.29, 1.82) is 0 Å². The molecule has 0 radical (unpaired) electrons. The lowest BCUT2D eigenvalue weighted by Gasteiger charge is -2.19. The molecular formula is C16H20FN3O3S. The quantitative estimate of drug-likeness (QED) is 0.825. The second kappa shape index (κ2) is 7.67. The van der Waals surface area contributed by atoms with Crippen LogP contribution in [-0.4, -0.2) is 30.7 Å². The molecule has 24 heavy (non-hydrogen) atoms. The van der Waals surface area contributed by atoms with Crippen molar-refractivity contribution >= 4 is 10.0 Å². The molecule has 2 rings (SSSR count). The molecule has 130 valence electrons. The number of sulfonamides is 1. The van der Waals surface area contributed by atoms with E-state index < -0.39 is 27.0 Å². The molecule has 6 nitrogen and oxygen atoms in total. The fourth-order valence-corrected chi connectivity index (χ4v) is 3.38. The first kappa shape index (κ1) is 18.3. The van der Waals surface area contributed by atoms with Crippen molar-refractivity contribution in [2.45, 2.75) is 31.6 Å². The summed E-state index contributed by atoms with van der Waals surface area (Å²) < 4.78 is 45.4. The Hall–Kier alpha value is -2.06. The molecule has 1 heterocycles. The number of nitrogens with zero attached hydrogens (tertiary/aromatic N) is 2. The third kappa shape index (κ3) is 4.48. The topological polar surface area (TPSA) is 81.2 Å². The molecule has 1 aromatic heterocycles. The van der Waals surface area contributed by atoms with Gasteiger partial charge in [-0.05, 0) is 24.6 Å². The second-order valence-electron chi connectivity index (χ2n) is 5.47. The van der Waals surface area contributed by atoms with E-state index in [1.165, 1.54) is 0 Å². The van der Waals surface area contributed by atoms with Crippen molar-refractivity contribution in [1.82, 2.24) is 14.7 Å². The lowest BCUT2D eigenvalue weighted by Crippen LogP contribution is -2.35. The Balaban J connectivity index is 2.03. The number of nitrogens with one attached hydrogen (secondary N) is 1. The van der Waals surface area contributed by atoms with Crippen LogP contribution in [0.4, 0.5) is 4.39 Å². The van der Waals surface area contributed by atoms with E-state index in [1.807, 2.05) is 0 Å². The number of benzene rings is 1. The molecule has 0 amide bonds. The zero-order valence-corrected chi connectivity index (χ0v) is 14.5. The Labute approximate surface area is 141 Å². The van der Waals surface area contributed by atoms with Crippen LogP contribution in [0.3, 0.4) is 0 Å². The van der Waals surface area contributed by atoms with Gasteiger partial charge in [0.1, 0.15) is 11.6 Å². The van der Waals surface area contributed by atoms with Crippen LogP contribution >= 0.6 is 0 Å². The van der Waals surface area contributed by atoms with E-state index in [-0.39, 0.29) is 6.54 Å². The van der Waals surface area contributed by atoms with E-state index in [0.29, 0.717) is 11.6 Å². The maximum Gasteiger partial charge on any atom is 0.215 e. The molecule has 1 aromatic carbocycles. The Morgan fingerprint density at radius 2 is 1.75 bits per heavy atom. The fourth-order valence-electron chi connectivity index (χ4n) is 2.09. The summed E-state index contributed by atoms with van der Waals surface area (Å²) in [4.78, 5) is 7.72. The average molecular weight is 353 g/mol. The van der Waals surface area contributed by atoms with Gasteiger partial charge in [-0.1, -0.05) is 19.1 Å². The molecule has 8 heteroatoms. The first-order valence-corrected chi connectivity index (χ1v) is 8.97. The first-order valence-electron chi connectivity index (χ1n) is 7.42. The molecule has 0 aliphatic heterocycles. The van der Waals surface area contributed by atoms with Gasteiger partial charge in [0.05, 0.1) is 24.8 Å². The Kier molecular flexibility index (Phi) is 5.84. The molecule has 0 aliphatic carbocycles. The zero-order valence-electron chi connectivity index (χ0n) is 13.7. The number of hydrogen-bond acceptors (Lipinski definition) is 5. The van der Waals surface area contributed by atoms with Gasteiger partial charge in [0, 0.05) is 12.5 Å². The SMILES string of the molecule is COc1ccc(CNS(=O)(=O)[C@@H](C)[C@H](C)c2ncc(F)cn2)cc1. The smallest absolute Gasteiger partial charge is 0.215 e. The van der Waals surface area contributed by atoms with Crippen LogP contribution in [0.1, 0.15) is 31.2 Å². The summed E-state index contributed by atoms with van der Waals surface area (Å²) >= 11 is 0. The summed E-state index contributed by atoms with van der Waals surface area (Å²) in [5, 5.41) is -0.763. The summed E-state index contributed by atoms with van der Waals surface area (Å²) in [7, 11) is -2.02. The highest BCUT2D eigenvalue weighted by Crippen LogP contribution is 2.21. The minimum absolute atomic E-state index is 0.174. The number of ether oxygens (including phenoxy) is 1. The standard InChI is InChI=1S/C16H20FN3O3S/c1-11(16-18-9-14(17)10-19-16)12(2)24(21,22)20-8-13-4-6-15(23-3)7-5-13/h4-7,9-12,20H,8H2,1-3H3/t11-,12-/m0/s1. The van der Waals surface area contributed by atoms with Crippen LogP contribution in [0.15, 0.2) is 36.7 Å². The van der Waals surface area contributed by atoms with Crippen LogP contribution < -0.4 is 9.46 Å². The van der Waals surface area contributed by atoms with E-state index in [2.05, 4.69) is 14.7 Å². The normalized spacial score (nSPS) is 14.2. The van der Waals surface area contributed by atoms with Crippen LogP contribution in [0.25, 0.3) is 0 Å². The Bertz CT molecular complexity index is 764. The fraction of sp³-hybridized carbons (Fsp3) is 0.375. The zero-order chi connectivity index (χ0) is 17.7. The second-order valence-corrected chi connectivity index (χ2v) is 7.59. The van der Waals surface area contributed by atoms with Gasteiger partial charge < -0.3 is 4.74 Å². The van der Waals surface area contributed by atoms with Crippen LogP contribution in [0.2, 0.25) is 0 Å². The van der Waals surface area contributed by atoms with Gasteiger partial charge in [0.25, 0.3) is 0 Å². The van der Waals surface area contributed by atoms with Gasteiger partial charge in [-0.25, -0.2) is 27.5 Å². The maximum atomic E-state index is 12.9. The molecular weight excluding hydrogens is 333 g/mol. The van der Waals surface area contributed by atoms with Crippen LogP contribution in [0.5, 0.6) is 5.75 Å². The highest BCUT2D eigenvalue weighted by molar-refractivity contribution is 7.90. The summed E-state index contributed by atoms with van der Waals surface area (Å²) in [6.07, 6.45) is 2.06. The van der Waals surface area contributed by atoms with E-state index in [9.17, 15) is 12.8 Å². The summed E-state index contributed by atoms with van der Waals surface area (Å²) in [6.45, 7) is 3.45. The molecule has 0 aliphatic rings. The number of hydrogen-bond donors (Lipinski definition) is 1. The minimum atomic E-state index is -3.59. The monoisotopic (exact) mass is 353 g/mol. The first-order chi connectivity index (χ1) is 11.3. The molecule has 0 unspecified atom stereocenters. The molecule has 0 bridgehead atoms. The van der Waals surface area contributed by atoms with E-state index in [0.717, 1.165) is 18.0 Å². The third-order valence-electron chi connectivity index (χ3n) is 3.88. The highest BCUT2D eigenvalue weighted by Gasteiger charge is 2.29. The van der Waals surface area contributed by atoms with E-state index in [4.69, 9.17) is 4.74 Å². The van der Waals surface area contributed by atoms with E-state index >= 15 is 0 Å². The highest BCUT2D eigenvalue weighted by atomic mass is 32.2. The number of rotatable bonds is 7. The van der Waals surface area contributed by atoms with Crippen LogP contribution in [0, 0.1) is 5.82 Å². The molecule has 0 fully saturated rings. The molecule has 0 spiro atoms. The van der Waals surface area contributed by atoms with Crippen molar-refractivity contribution < 1.29 is 17.5 Å². The maximum absolute atomic E-state index is 12.9. The molecule has 0 saturated heterocycles. The predicted molar refractivity (Wildman–Crippen MR) is 88.6 cm³/mol. The van der Waals surface area contributed by atoms with Crippen molar-refractivity contribution in [3.8, 4) is 5.75 Å². The molecule has 0 saturated carbocycles. The van der Waals surface area contributed by atoms with Gasteiger partial charge in [-0.3, -0.25) is 0 Å². The molecule has 2 aromatic rings. The lowest BCUT2D eigenvalue weighted by molar-refractivity contribution is 0.414. The number of aromatic nitrogens is 2. The largest absolute Gasteiger partial charge is 0.497 e. The Morgan fingerprint density at radius 1 is 1.17 bits per heavy atom. The van der Waals surface area contributed by atoms with Crippen molar-refractivity contribution in [2.75, 3.05) is 7.11 Å². The van der Waals surface area contributed by atoms with Crippen LogP contribution in [-0.2, 0) is 16.6 Å². The van der Waals surface area contributed by atoms with Gasteiger partial charge in [0.15, 0.2) is 5.82 Å².